The molecule has 112 valence electrons. The van der Waals surface area contributed by atoms with Crippen LogP contribution < -0.4 is 5.32 Å². The van der Waals surface area contributed by atoms with Crippen molar-refractivity contribution in [2.45, 2.75) is 57.4 Å². The lowest BCUT2D eigenvalue weighted by atomic mass is 10.2. The van der Waals surface area contributed by atoms with Crippen molar-refractivity contribution in [3.05, 3.63) is 36.5 Å². The number of unbranched alkanes of at least 4 members (excludes halogenated alkanes) is 1. The number of carbonyl (C=O) groups is 1. The van der Waals surface area contributed by atoms with Crippen LogP contribution in [0.15, 0.2) is 36.5 Å². The Morgan fingerprint density at radius 3 is 2.20 bits per heavy atom. The maximum Gasteiger partial charge on any atom is 0.220 e. The molecule has 0 atom stereocenters. The summed E-state index contributed by atoms with van der Waals surface area (Å²) in [6.07, 6.45) is 20.1. The first kappa shape index (κ1) is 16.7. The van der Waals surface area contributed by atoms with Crippen LogP contribution in [0, 0.1) is 0 Å². The number of nitrogens with one attached hydrogen (secondary N) is 1. The maximum absolute atomic E-state index is 11.4. The average Bonchev–Trinajstić information content (AvgIpc) is 3.24. The smallest absolute Gasteiger partial charge is 0.220 e. The van der Waals surface area contributed by atoms with Gasteiger partial charge in [0.1, 0.15) is 0 Å². The van der Waals surface area contributed by atoms with E-state index in [1.165, 1.54) is 0 Å². The molecule has 1 saturated carbocycles. The zero-order valence-electron chi connectivity index (χ0n) is 12.3. The van der Waals surface area contributed by atoms with Gasteiger partial charge < -0.3 is 10.4 Å². The zero-order chi connectivity index (χ0) is 14.5. The predicted molar refractivity (Wildman–Crippen MR) is 83.4 cm³/mol. The third-order valence-corrected chi connectivity index (χ3v) is 3.06. The Labute approximate surface area is 122 Å². The molecular weight excluding hydrogens is 250 g/mol. The van der Waals surface area contributed by atoms with Crippen LogP contribution in [0.5, 0.6) is 0 Å². The van der Waals surface area contributed by atoms with Gasteiger partial charge in [-0.3, -0.25) is 4.79 Å². The van der Waals surface area contributed by atoms with Gasteiger partial charge in [-0.25, -0.2) is 0 Å². The second-order valence-electron chi connectivity index (χ2n) is 5.13. The number of amides is 1. The SMILES string of the molecule is O=C(CCC/C=C\C/C=C\C/C=C\CCO)NC1CC1. The van der Waals surface area contributed by atoms with Crippen LogP contribution in [0.4, 0.5) is 0 Å². The van der Waals surface area contributed by atoms with Crippen LogP contribution in [-0.4, -0.2) is 23.7 Å². The lowest BCUT2D eigenvalue weighted by Gasteiger charge is -2.00. The van der Waals surface area contributed by atoms with Crippen LogP contribution in [0.25, 0.3) is 0 Å². The van der Waals surface area contributed by atoms with Gasteiger partial charge in [0, 0.05) is 19.1 Å². The Hall–Kier alpha value is -1.35. The molecule has 1 rings (SSSR count). The Bertz CT molecular complexity index is 341. The summed E-state index contributed by atoms with van der Waals surface area (Å²) in [6.45, 7) is 0.224. The molecule has 1 aliphatic carbocycles. The molecular formula is C17H27NO2. The average molecular weight is 277 g/mol. The molecule has 0 radical (unpaired) electrons. The minimum Gasteiger partial charge on any atom is -0.396 e. The Balaban J connectivity index is 1.88. The molecule has 0 aromatic carbocycles. The molecule has 0 bridgehead atoms. The summed E-state index contributed by atoms with van der Waals surface area (Å²) >= 11 is 0. The normalized spacial score (nSPS) is 15.7. The summed E-state index contributed by atoms with van der Waals surface area (Å²) in [4.78, 5) is 11.4. The molecule has 1 fully saturated rings. The minimum atomic E-state index is 0.204. The zero-order valence-corrected chi connectivity index (χ0v) is 12.3. The van der Waals surface area contributed by atoms with Crippen molar-refractivity contribution in [2.75, 3.05) is 6.61 Å². The van der Waals surface area contributed by atoms with Crippen molar-refractivity contribution in [1.29, 1.82) is 0 Å². The van der Waals surface area contributed by atoms with E-state index in [0.717, 1.165) is 44.9 Å². The summed E-state index contributed by atoms with van der Waals surface area (Å²) < 4.78 is 0. The molecule has 0 saturated heterocycles. The van der Waals surface area contributed by atoms with Crippen molar-refractivity contribution in [3.8, 4) is 0 Å². The summed E-state index contributed by atoms with van der Waals surface area (Å²) in [5, 5.41) is 11.6. The number of hydrogen-bond acceptors (Lipinski definition) is 2. The lowest BCUT2D eigenvalue weighted by molar-refractivity contribution is -0.121. The van der Waals surface area contributed by atoms with Gasteiger partial charge in [0.25, 0.3) is 0 Å². The molecule has 1 amide bonds. The highest BCUT2D eigenvalue weighted by Crippen LogP contribution is 2.18. The quantitative estimate of drug-likeness (QED) is 0.450. The Morgan fingerprint density at radius 2 is 1.60 bits per heavy atom. The summed E-state index contributed by atoms with van der Waals surface area (Å²) in [7, 11) is 0. The number of aliphatic hydroxyl groups is 1. The fraction of sp³-hybridized carbons (Fsp3) is 0.588. The van der Waals surface area contributed by atoms with Crippen LogP contribution in [0.3, 0.4) is 0 Å². The molecule has 1 aliphatic rings. The first-order valence-corrected chi connectivity index (χ1v) is 7.68. The first-order chi connectivity index (χ1) is 9.83. The molecule has 0 aliphatic heterocycles. The number of rotatable bonds is 11. The largest absolute Gasteiger partial charge is 0.396 e. The fourth-order valence-corrected chi connectivity index (χ4v) is 1.76. The molecule has 0 spiro atoms. The monoisotopic (exact) mass is 277 g/mol. The van der Waals surface area contributed by atoms with Gasteiger partial charge >= 0.3 is 0 Å². The number of allylic oxidation sites excluding steroid dienone is 5. The fourth-order valence-electron chi connectivity index (χ4n) is 1.76. The second-order valence-corrected chi connectivity index (χ2v) is 5.13. The van der Waals surface area contributed by atoms with Crippen molar-refractivity contribution in [1.82, 2.24) is 5.32 Å². The van der Waals surface area contributed by atoms with Gasteiger partial charge in [-0.1, -0.05) is 36.5 Å². The Morgan fingerprint density at radius 1 is 1.00 bits per heavy atom. The number of aliphatic hydroxyl groups excluding tert-OH is 1. The lowest BCUT2D eigenvalue weighted by Crippen LogP contribution is -2.24. The van der Waals surface area contributed by atoms with Gasteiger partial charge in [-0.05, 0) is 44.9 Å². The van der Waals surface area contributed by atoms with Gasteiger partial charge in [0.05, 0.1) is 0 Å². The van der Waals surface area contributed by atoms with Gasteiger partial charge in [-0.15, -0.1) is 0 Å². The molecule has 0 unspecified atom stereocenters. The third kappa shape index (κ3) is 10.6. The minimum absolute atomic E-state index is 0.204. The van der Waals surface area contributed by atoms with E-state index in [1.807, 2.05) is 6.08 Å². The first-order valence-electron chi connectivity index (χ1n) is 7.68. The standard InChI is InChI=1S/C17H27NO2/c19-15-11-9-7-5-3-1-2-4-6-8-10-12-17(20)18-16-13-14-16/h1,3-4,6-7,9,16,19H,2,5,8,10-15H2,(H,18,20)/b3-1-,6-4-,9-7-. The van der Waals surface area contributed by atoms with E-state index >= 15 is 0 Å². The summed E-state index contributed by atoms with van der Waals surface area (Å²) in [6, 6.07) is 0.481. The highest BCUT2D eigenvalue weighted by Gasteiger charge is 2.22. The topological polar surface area (TPSA) is 49.3 Å². The highest BCUT2D eigenvalue weighted by atomic mass is 16.2. The molecule has 2 N–H and O–H groups in total. The number of carbonyl (C=O) groups excluding carboxylic acids is 1. The van der Waals surface area contributed by atoms with Gasteiger partial charge in [-0.2, -0.15) is 0 Å². The van der Waals surface area contributed by atoms with Crippen molar-refractivity contribution < 1.29 is 9.90 Å². The van der Waals surface area contributed by atoms with E-state index in [0.29, 0.717) is 12.5 Å². The molecule has 0 aromatic heterocycles. The summed E-state index contributed by atoms with van der Waals surface area (Å²) in [5.41, 5.74) is 0. The number of hydrogen-bond donors (Lipinski definition) is 2. The molecule has 0 aromatic rings. The van der Waals surface area contributed by atoms with Crippen molar-refractivity contribution in [2.24, 2.45) is 0 Å². The van der Waals surface area contributed by atoms with Crippen molar-refractivity contribution in [3.63, 3.8) is 0 Å². The van der Waals surface area contributed by atoms with E-state index in [2.05, 4.69) is 35.7 Å². The molecule has 3 nitrogen and oxygen atoms in total. The molecule has 20 heavy (non-hydrogen) atoms. The van der Waals surface area contributed by atoms with Gasteiger partial charge in [0.2, 0.25) is 5.91 Å². The van der Waals surface area contributed by atoms with Crippen LogP contribution in [-0.2, 0) is 4.79 Å². The van der Waals surface area contributed by atoms with E-state index in [-0.39, 0.29) is 12.5 Å². The van der Waals surface area contributed by atoms with E-state index < -0.39 is 0 Å². The maximum atomic E-state index is 11.4. The highest BCUT2D eigenvalue weighted by molar-refractivity contribution is 5.76. The molecule has 0 heterocycles. The molecule has 3 heteroatoms. The van der Waals surface area contributed by atoms with Crippen LogP contribution >= 0.6 is 0 Å². The second kappa shape index (κ2) is 11.5. The predicted octanol–water partition coefficient (Wildman–Crippen LogP) is 3.27. The van der Waals surface area contributed by atoms with Crippen LogP contribution in [0.1, 0.15) is 51.4 Å². The van der Waals surface area contributed by atoms with Crippen molar-refractivity contribution >= 4 is 5.91 Å². The van der Waals surface area contributed by atoms with E-state index in [9.17, 15) is 4.79 Å². The van der Waals surface area contributed by atoms with E-state index in [1.54, 1.807) is 0 Å². The summed E-state index contributed by atoms with van der Waals surface area (Å²) in [5.74, 6) is 0.204. The van der Waals surface area contributed by atoms with E-state index in [4.69, 9.17) is 5.11 Å². The van der Waals surface area contributed by atoms with Gasteiger partial charge in [0.15, 0.2) is 0 Å². The Kier molecular flexibility index (Phi) is 9.58. The third-order valence-electron chi connectivity index (χ3n) is 3.06. The van der Waals surface area contributed by atoms with Crippen LogP contribution in [0.2, 0.25) is 0 Å².